The number of nitrogens with zero attached hydrogens (tertiary/aromatic N) is 3. The van der Waals surface area contributed by atoms with E-state index < -0.39 is 10.0 Å². The first kappa shape index (κ1) is 20.7. The molecule has 3 aromatic carbocycles. The van der Waals surface area contributed by atoms with Gasteiger partial charge in [-0.05, 0) is 48.5 Å². The van der Waals surface area contributed by atoms with Gasteiger partial charge in [0.15, 0.2) is 5.76 Å². The molecule has 3 N–H and O–H groups in total. The summed E-state index contributed by atoms with van der Waals surface area (Å²) in [5, 5.41) is 15.2. The van der Waals surface area contributed by atoms with Crippen molar-refractivity contribution >= 4 is 32.9 Å². The Bertz CT molecular complexity index is 1520. The van der Waals surface area contributed by atoms with Crippen LogP contribution in [0.25, 0.3) is 28.1 Å². The molecule has 9 heteroatoms. The SMILES string of the molecule is NS(=O)(=O)c1ccc(N/N=C\c2cn(-c3ccccc3)nc2-c2cc3ccccc3o2)cc1. The van der Waals surface area contributed by atoms with Crippen molar-refractivity contribution in [2.75, 3.05) is 5.43 Å². The van der Waals surface area contributed by atoms with E-state index in [1.54, 1.807) is 23.0 Å². The zero-order valence-corrected chi connectivity index (χ0v) is 18.1. The number of nitrogens with one attached hydrogen (secondary N) is 1. The van der Waals surface area contributed by atoms with Crippen LogP contribution in [-0.2, 0) is 10.0 Å². The van der Waals surface area contributed by atoms with Crippen molar-refractivity contribution in [2.45, 2.75) is 4.90 Å². The smallest absolute Gasteiger partial charge is 0.238 e. The van der Waals surface area contributed by atoms with Crippen LogP contribution in [0.2, 0.25) is 0 Å². The molecule has 5 rings (SSSR count). The van der Waals surface area contributed by atoms with E-state index in [4.69, 9.17) is 14.7 Å². The number of hydrogen-bond donors (Lipinski definition) is 2. The van der Waals surface area contributed by atoms with Gasteiger partial charge in [0.1, 0.15) is 11.3 Å². The quantitative estimate of drug-likeness (QED) is 0.290. The second kappa shape index (κ2) is 8.38. The number of aromatic nitrogens is 2. The molecule has 0 unspecified atom stereocenters. The number of benzene rings is 3. The molecule has 5 aromatic rings. The molecule has 0 fully saturated rings. The molecule has 2 aromatic heterocycles. The fraction of sp³-hybridized carbons (Fsp3) is 0. The van der Waals surface area contributed by atoms with Crippen molar-refractivity contribution in [3.63, 3.8) is 0 Å². The minimum atomic E-state index is -3.74. The Hall–Kier alpha value is -4.21. The number of hydrazone groups is 1. The maximum Gasteiger partial charge on any atom is 0.238 e. The number of nitrogens with two attached hydrogens (primary N) is 1. The average Bonchev–Trinajstić information content (AvgIpc) is 3.44. The number of rotatable bonds is 6. The molecule has 0 spiro atoms. The van der Waals surface area contributed by atoms with Crippen LogP contribution in [-0.4, -0.2) is 24.4 Å². The third-order valence-corrected chi connectivity index (χ3v) is 5.93. The van der Waals surface area contributed by atoms with Gasteiger partial charge < -0.3 is 4.42 Å². The van der Waals surface area contributed by atoms with E-state index in [1.165, 1.54) is 12.1 Å². The van der Waals surface area contributed by atoms with Crippen LogP contribution in [0.5, 0.6) is 0 Å². The minimum absolute atomic E-state index is 0.0355. The molecule has 0 amide bonds. The number of fused-ring (bicyclic) bond motifs is 1. The summed E-state index contributed by atoms with van der Waals surface area (Å²) in [5.74, 6) is 0.629. The van der Waals surface area contributed by atoms with Gasteiger partial charge in [-0.15, -0.1) is 0 Å². The first-order chi connectivity index (χ1) is 16.0. The Labute approximate surface area is 190 Å². The average molecular weight is 458 g/mol. The van der Waals surface area contributed by atoms with Crippen molar-refractivity contribution in [1.82, 2.24) is 9.78 Å². The zero-order chi connectivity index (χ0) is 22.8. The normalized spacial score (nSPS) is 11.9. The maximum absolute atomic E-state index is 11.4. The Morgan fingerprint density at radius 3 is 2.42 bits per heavy atom. The van der Waals surface area contributed by atoms with E-state index in [-0.39, 0.29) is 4.90 Å². The second-order valence-corrected chi connectivity index (χ2v) is 8.86. The molecule has 8 nitrogen and oxygen atoms in total. The third kappa shape index (κ3) is 4.40. The van der Waals surface area contributed by atoms with Gasteiger partial charge in [0, 0.05) is 17.1 Å². The Balaban J connectivity index is 1.48. The van der Waals surface area contributed by atoms with Gasteiger partial charge in [0.2, 0.25) is 10.0 Å². The molecular formula is C24H19N5O3S. The summed E-state index contributed by atoms with van der Waals surface area (Å²) < 4.78 is 30.6. The fourth-order valence-corrected chi connectivity index (χ4v) is 3.90. The second-order valence-electron chi connectivity index (χ2n) is 7.30. The van der Waals surface area contributed by atoms with E-state index in [0.717, 1.165) is 22.2 Å². The molecule has 164 valence electrons. The fourth-order valence-electron chi connectivity index (χ4n) is 3.38. The summed E-state index contributed by atoms with van der Waals surface area (Å²) in [7, 11) is -3.74. The third-order valence-electron chi connectivity index (χ3n) is 5.00. The number of furan rings is 1. The lowest BCUT2D eigenvalue weighted by Crippen LogP contribution is -2.11. The highest BCUT2D eigenvalue weighted by Crippen LogP contribution is 2.29. The predicted octanol–water partition coefficient (Wildman–Crippen LogP) is 4.38. The molecule has 0 aliphatic carbocycles. The number of anilines is 1. The Kier molecular flexibility index (Phi) is 5.25. The molecule has 0 aliphatic heterocycles. The molecule has 33 heavy (non-hydrogen) atoms. The highest BCUT2D eigenvalue weighted by molar-refractivity contribution is 7.89. The van der Waals surface area contributed by atoms with E-state index in [9.17, 15) is 8.42 Å². The molecule has 2 heterocycles. The summed E-state index contributed by atoms with van der Waals surface area (Å²) in [6.45, 7) is 0. The highest BCUT2D eigenvalue weighted by atomic mass is 32.2. The molecule has 0 saturated carbocycles. The van der Waals surface area contributed by atoms with Gasteiger partial charge >= 0.3 is 0 Å². The van der Waals surface area contributed by atoms with Crippen molar-refractivity contribution in [3.05, 3.63) is 96.7 Å². The standard InChI is InChI=1S/C24H19N5O3S/c25-33(30,31)21-12-10-19(11-13-21)27-26-15-18-16-29(20-7-2-1-3-8-20)28-24(18)23-14-17-6-4-5-9-22(17)32-23/h1-16,27H,(H2,25,30,31)/b26-15-. The topological polar surface area (TPSA) is 116 Å². The van der Waals surface area contributed by atoms with Crippen molar-refractivity contribution < 1.29 is 12.8 Å². The van der Waals surface area contributed by atoms with Crippen molar-refractivity contribution in [2.24, 2.45) is 10.2 Å². The molecule has 0 radical (unpaired) electrons. The van der Waals surface area contributed by atoms with E-state index >= 15 is 0 Å². The number of primary sulfonamides is 1. The largest absolute Gasteiger partial charge is 0.454 e. The van der Waals surface area contributed by atoms with Crippen LogP contribution in [0, 0.1) is 0 Å². The van der Waals surface area contributed by atoms with E-state index in [1.807, 2.05) is 66.9 Å². The van der Waals surface area contributed by atoms with Crippen LogP contribution in [0.3, 0.4) is 0 Å². The first-order valence-corrected chi connectivity index (χ1v) is 11.6. The molecule has 0 saturated heterocycles. The summed E-state index contributed by atoms with van der Waals surface area (Å²) in [5.41, 5.74) is 6.57. The Morgan fingerprint density at radius 1 is 0.970 bits per heavy atom. The summed E-state index contributed by atoms with van der Waals surface area (Å²) in [6.07, 6.45) is 3.51. The van der Waals surface area contributed by atoms with Gasteiger partial charge in [-0.1, -0.05) is 36.4 Å². The predicted molar refractivity (Wildman–Crippen MR) is 128 cm³/mol. The Morgan fingerprint density at radius 2 is 1.70 bits per heavy atom. The molecule has 0 atom stereocenters. The number of hydrogen-bond acceptors (Lipinski definition) is 6. The van der Waals surface area contributed by atoms with Gasteiger partial charge in [0.25, 0.3) is 0 Å². The van der Waals surface area contributed by atoms with Crippen molar-refractivity contribution in [1.29, 1.82) is 0 Å². The minimum Gasteiger partial charge on any atom is -0.454 e. The lowest BCUT2D eigenvalue weighted by atomic mass is 10.2. The van der Waals surface area contributed by atoms with E-state index in [2.05, 4.69) is 10.5 Å². The van der Waals surface area contributed by atoms with Crippen LogP contribution in [0.15, 0.2) is 106 Å². The van der Waals surface area contributed by atoms with Crippen LogP contribution >= 0.6 is 0 Å². The molecule has 0 bridgehead atoms. The first-order valence-electron chi connectivity index (χ1n) is 10.0. The van der Waals surface area contributed by atoms with Crippen LogP contribution in [0.1, 0.15) is 5.56 Å². The number of sulfonamides is 1. The van der Waals surface area contributed by atoms with Gasteiger partial charge in [-0.25, -0.2) is 18.2 Å². The van der Waals surface area contributed by atoms with E-state index in [0.29, 0.717) is 17.1 Å². The summed E-state index contributed by atoms with van der Waals surface area (Å²) in [6, 6.07) is 25.5. The summed E-state index contributed by atoms with van der Waals surface area (Å²) >= 11 is 0. The zero-order valence-electron chi connectivity index (χ0n) is 17.3. The molecule has 0 aliphatic rings. The van der Waals surface area contributed by atoms with Gasteiger partial charge in [-0.2, -0.15) is 10.2 Å². The monoisotopic (exact) mass is 457 g/mol. The lowest BCUT2D eigenvalue weighted by Gasteiger charge is -2.01. The van der Waals surface area contributed by atoms with Crippen molar-refractivity contribution in [3.8, 4) is 17.1 Å². The summed E-state index contributed by atoms with van der Waals surface area (Å²) in [4.78, 5) is 0.0355. The van der Waals surface area contributed by atoms with Crippen LogP contribution < -0.4 is 10.6 Å². The van der Waals surface area contributed by atoms with Gasteiger partial charge in [-0.3, -0.25) is 5.43 Å². The molecular weight excluding hydrogens is 438 g/mol. The maximum atomic E-state index is 11.4. The lowest BCUT2D eigenvalue weighted by molar-refractivity contribution is 0.598. The number of para-hydroxylation sites is 2. The van der Waals surface area contributed by atoms with Gasteiger partial charge in [0.05, 0.1) is 22.5 Å². The highest BCUT2D eigenvalue weighted by Gasteiger charge is 2.15. The van der Waals surface area contributed by atoms with Crippen LogP contribution in [0.4, 0.5) is 5.69 Å².